The van der Waals surface area contributed by atoms with Crippen molar-refractivity contribution in [3.63, 3.8) is 0 Å². The Hall–Kier alpha value is -1.72. The van der Waals surface area contributed by atoms with E-state index in [1.54, 1.807) is 0 Å². The molecule has 5 nitrogen and oxygen atoms in total. The van der Waals surface area contributed by atoms with E-state index in [0.29, 0.717) is 0 Å². The van der Waals surface area contributed by atoms with E-state index in [2.05, 4.69) is 5.32 Å². The van der Waals surface area contributed by atoms with Crippen LogP contribution in [-0.4, -0.2) is 34.2 Å². The van der Waals surface area contributed by atoms with Gasteiger partial charge in [0.1, 0.15) is 0 Å². The molecule has 0 spiro atoms. The average molecular weight is 247 g/mol. The number of ether oxygens (including phenoxy) is 1. The molecule has 0 aromatic heterocycles. The maximum absolute atomic E-state index is 11.8. The minimum Gasteiger partial charge on any atom is -0.368 e. The van der Waals surface area contributed by atoms with Crippen LogP contribution in [0, 0.1) is 0 Å². The zero-order valence-electron chi connectivity index (χ0n) is 9.84. The lowest BCUT2D eigenvalue weighted by molar-refractivity contribution is -0.138. The predicted molar refractivity (Wildman–Crippen MR) is 61.5 cm³/mol. The number of rotatable bonds is 3. The molecule has 3 atom stereocenters. The fourth-order valence-corrected chi connectivity index (χ4v) is 2.58. The number of ketones is 1. The van der Waals surface area contributed by atoms with Crippen molar-refractivity contribution in [1.29, 1.82) is 0 Å². The van der Waals surface area contributed by atoms with Gasteiger partial charge in [0.05, 0.1) is 0 Å². The summed E-state index contributed by atoms with van der Waals surface area (Å²) in [5.74, 6) is -0.910. The molecule has 0 aliphatic carbocycles. The lowest BCUT2D eigenvalue weighted by atomic mass is 9.94. The molecular weight excluding hydrogens is 234 g/mol. The molecular formula is C13H13NO4. The smallest absolute Gasteiger partial charge is 0.265 e. The summed E-state index contributed by atoms with van der Waals surface area (Å²) < 4.78 is 5.19. The molecule has 94 valence electrons. The van der Waals surface area contributed by atoms with Crippen LogP contribution < -0.4 is 5.32 Å². The summed E-state index contributed by atoms with van der Waals surface area (Å²) in [4.78, 5) is 23.2. The van der Waals surface area contributed by atoms with Crippen molar-refractivity contribution in [2.24, 2.45) is 0 Å². The van der Waals surface area contributed by atoms with Crippen LogP contribution in [0.3, 0.4) is 0 Å². The number of Topliss-reactive ketones (excluding diaryl/α,β-unsaturated/α-hetero) is 1. The molecule has 2 aliphatic heterocycles. The largest absolute Gasteiger partial charge is 0.368 e. The molecule has 1 aromatic rings. The molecule has 1 aromatic carbocycles. The molecule has 2 aliphatic rings. The highest BCUT2D eigenvalue weighted by Gasteiger charge is 2.79. The zero-order valence-corrected chi connectivity index (χ0v) is 9.84. The van der Waals surface area contributed by atoms with Crippen molar-refractivity contribution in [3.05, 3.63) is 35.9 Å². The number of fused-ring (bicyclic) bond motifs is 1. The van der Waals surface area contributed by atoms with Crippen molar-refractivity contribution in [1.82, 2.24) is 5.32 Å². The number of epoxide rings is 1. The lowest BCUT2D eigenvalue weighted by Crippen LogP contribution is -2.49. The molecule has 0 radical (unpaired) electrons. The fraction of sp³-hybridized carbons (Fsp3) is 0.385. The standard InChI is InChI=1S/C13H13NO4/c1-8(15)13-10(18-13)12(17,14-11(13)16)7-9-5-3-2-4-6-9/h2-6,10,17H,7H2,1H3,(H,14,16)/t10-,12-,13-/m0/s1. The van der Waals surface area contributed by atoms with Gasteiger partial charge in [-0.1, -0.05) is 30.3 Å². The number of nitrogens with one attached hydrogen (secondary N) is 1. The third-order valence-corrected chi connectivity index (χ3v) is 3.56. The van der Waals surface area contributed by atoms with Crippen LogP contribution in [0.5, 0.6) is 0 Å². The van der Waals surface area contributed by atoms with Gasteiger partial charge in [0.25, 0.3) is 5.91 Å². The SMILES string of the molecule is CC(=O)[C@]12O[C@H]1[C@@](O)(Cc1ccccc1)NC2=O. The van der Waals surface area contributed by atoms with Gasteiger partial charge in [-0.15, -0.1) is 0 Å². The Morgan fingerprint density at radius 3 is 2.61 bits per heavy atom. The van der Waals surface area contributed by atoms with E-state index in [-0.39, 0.29) is 12.2 Å². The lowest BCUT2D eigenvalue weighted by Gasteiger charge is -2.23. The third-order valence-electron chi connectivity index (χ3n) is 3.56. The van der Waals surface area contributed by atoms with E-state index in [4.69, 9.17) is 4.74 Å². The number of carbonyl (C=O) groups is 2. The highest BCUT2D eigenvalue weighted by atomic mass is 16.6. The molecule has 5 heteroatoms. The molecule has 2 N–H and O–H groups in total. The molecule has 0 bridgehead atoms. The van der Waals surface area contributed by atoms with Crippen LogP contribution in [0.25, 0.3) is 0 Å². The van der Waals surface area contributed by atoms with E-state index in [1.807, 2.05) is 30.3 Å². The van der Waals surface area contributed by atoms with E-state index >= 15 is 0 Å². The maximum atomic E-state index is 11.8. The molecule has 2 fully saturated rings. The Labute approximate surface area is 104 Å². The number of hydrogen-bond donors (Lipinski definition) is 2. The molecule has 1 amide bonds. The topological polar surface area (TPSA) is 78.9 Å². The first-order valence-corrected chi connectivity index (χ1v) is 5.77. The second kappa shape index (κ2) is 3.40. The van der Waals surface area contributed by atoms with Gasteiger partial charge < -0.3 is 15.2 Å². The quantitative estimate of drug-likeness (QED) is 0.571. The van der Waals surface area contributed by atoms with Crippen LogP contribution >= 0.6 is 0 Å². The second-order valence-electron chi connectivity index (χ2n) is 4.83. The molecule has 0 saturated carbocycles. The Morgan fingerprint density at radius 1 is 1.44 bits per heavy atom. The predicted octanol–water partition coefficient (Wildman–Crippen LogP) is -0.226. The van der Waals surface area contributed by atoms with Gasteiger partial charge in [-0.25, -0.2) is 0 Å². The third kappa shape index (κ3) is 1.34. The van der Waals surface area contributed by atoms with Crippen LogP contribution in [0.4, 0.5) is 0 Å². The van der Waals surface area contributed by atoms with Gasteiger partial charge in [0.2, 0.25) is 5.60 Å². The van der Waals surface area contributed by atoms with Gasteiger partial charge in [-0.3, -0.25) is 9.59 Å². The van der Waals surface area contributed by atoms with E-state index in [0.717, 1.165) is 5.56 Å². The van der Waals surface area contributed by atoms with Crippen LogP contribution in [0.2, 0.25) is 0 Å². The Balaban J connectivity index is 1.87. The van der Waals surface area contributed by atoms with Crippen LogP contribution in [-0.2, 0) is 20.7 Å². The number of amides is 1. The zero-order chi connectivity index (χ0) is 13.0. The first-order chi connectivity index (χ1) is 8.49. The first-order valence-electron chi connectivity index (χ1n) is 5.77. The molecule has 2 saturated heterocycles. The van der Waals surface area contributed by atoms with Gasteiger partial charge >= 0.3 is 0 Å². The van der Waals surface area contributed by atoms with Crippen molar-refractivity contribution in [3.8, 4) is 0 Å². The van der Waals surface area contributed by atoms with Crippen molar-refractivity contribution in [2.45, 2.75) is 30.8 Å². The van der Waals surface area contributed by atoms with Gasteiger partial charge in [-0.2, -0.15) is 0 Å². The number of benzene rings is 1. The number of carbonyl (C=O) groups excluding carboxylic acids is 2. The normalized spacial score (nSPS) is 37.0. The summed E-state index contributed by atoms with van der Waals surface area (Å²) in [6.45, 7) is 1.30. The maximum Gasteiger partial charge on any atom is 0.265 e. The van der Waals surface area contributed by atoms with Gasteiger partial charge in [0, 0.05) is 6.42 Å². The summed E-state index contributed by atoms with van der Waals surface area (Å²) in [5.41, 5.74) is -2.08. The van der Waals surface area contributed by atoms with Crippen molar-refractivity contribution >= 4 is 11.7 Å². The van der Waals surface area contributed by atoms with E-state index in [1.165, 1.54) is 6.92 Å². The summed E-state index contributed by atoms with van der Waals surface area (Å²) in [7, 11) is 0. The van der Waals surface area contributed by atoms with Crippen LogP contribution in [0.1, 0.15) is 12.5 Å². The van der Waals surface area contributed by atoms with Gasteiger partial charge in [-0.05, 0) is 12.5 Å². The highest BCUT2D eigenvalue weighted by molar-refractivity contribution is 6.14. The second-order valence-corrected chi connectivity index (χ2v) is 4.83. The molecule has 3 rings (SSSR count). The fourth-order valence-electron chi connectivity index (χ4n) is 2.58. The highest BCUT2D eigenvalue weighted by Crippen LogP contribution is 2.49. The first kappa shape index (κ1) is 11.4. The van der Waals surface area contributed by atoms with Gasteiger partial charge in [0.15, 0.2) is 17.6 Å². The molecule has 18 heavy (non-hydrogen) atoms. The number of hydrogen-bond acceptors (Lipinski definition) is 4. The monoisotopic (exact) mass is 247 g/mol. The summed E-state index contributed by atoms with van der Waals surface area (Å²) in [6, 6.07) is 9.26. The molecule has 2 heterocycles. The summed E-state index contributed by atoms with van der Waals surface area (Å²) >= 11 is 0. The minimum absolute atomic E-state index is 0.222. The molecule has 0 unspecified atom stereocenters. The Kier molecular flexibility index (Phi) is 2.15. The van der Waals surface area contributed by atoms with Crippen molar-refractivity contribution in [2.75, 3.05) is 0 Å². The van der Waals surface area contributed by atoms with Crippen molar-refractivity contribution < 1.29 is 19.4 Å². The minimum atomic E-state index is -1.50. The number of aliphatic hydroxyl groups is 1. The summed E-state index contributed by atoms with van der Waals surface area (Å²) in [6.07, 6.45) is -0.561. The Morgan fingerprint density at radius 2 is 2.11 bits per heavy atom. The summed E-state index contributed by atoms with van der Waals surface area (Å²) in [5, 5.41) is 12.9. The van der Waals surface area contributed by atoms with E-state index < -0.39 is 23.3 Å². The number of morpholine rings is 1. The Bertz CT molecular complexity index is 529. The van der Waals surface area contributed by atoms with E-state index in [9.17, 15) is 14.7 Å². The average Bonchev–Trinajstić information content (AvgIpc) is 3.02. The van der Waals surface area contributed by atoms with Crippen LogP contribution in [0.15, 0.2) is 30.3 Å².